The van der Waals surface area contributed by atoms with Crippen LogP contribution in [0.25, 0.3) is 0 Å². The van der Waals surface area contributed by atoms with Crippen molar-refractivity contribution in [1.82, 2.24) is 5.32 Å². The highest BCUT2D eigenvalue weighted by atomic mass is 19.1. The van der Waals surface area contributed by atoms with E-state index in [9.17, 15) is 18.0 Å². The molecule has 1 aliphatic rings. The number of anilines is 1. The first-order valence-electron chi connectivity index (χ1n) is 8.22. The van der Waals surface area contributed by atoms with Crippen molar-refractivity contribution in [3.63, 3.8) is 0 Å². The Kier molecular flexibility index (Phi) is 4.97. The van der Waals surface area contributed by atoms with Crippen LogP contribution in [0.1, 0.15) is 30.5 Å². The number of hydrogen-bond donors (Lipinski definition) is 1. The zero-order valence-corrected chi connectivity index (χ0v) is 13.9. The summed E-state index contributed by atoms with van der Waals surface area (Å²) in [6, 6.07) is 7.54. The molecule has 0 saturated heterocycles. The van der Waals surface area contributed by atoms with Crippen molar-refractivity contribution >= 4 is 11.6 Å². The molecule has 1 atom stereocenters. The zero-order chi connectivity index (χ0) is 18.0. The van der Waals surface area contributed by atoms with Gasteiger partial charge in [0.2, 0.25) is 5.91 Å². The Morgan fingerprint density at radius 3 is 2.76 bits per heavy atom. The summed E-state index contributed by atoms with van der Waals surface area (Å²) in [5, 5.41) is 2.69. The fourth-order valence-corrected chi connectivity index (χ4v) is 3.24. The van der Waals surface area contributed by atoms with Crippen LogP contribution in [-0.4, -0.2) is 19.0 Å². The van der Waals surface area contributed by atoms with E-state index in [1.807, 2.05) is 6.07 Å². The largest absolute Gasteiger partial charge is 0.360 e. The molecule has 2 aromatic rings. The van der Waals surface area contributed by atoms with E-state index in [0.29, 0.717) is 12.2 Å². The topological polar surface area (TPSA) is 32.3 Å². The second-order valence-corrected chi connectivity index (χ2v) is 6.23. The van der Waals surface area contributed by atoms with Crippen LogP contribution >= 0.6 is 0 Å². The maximum absolute atomic E-state index is 14.1. The summed E-state index contributed by atoms with van der Waals surface area (Å²) in [4.78, 5) is 14.0. The Morgan fingerprint density at radius 2 is 2.00 bits per heavy atom. The normalized spacial score (nSPS) is 14.8. The van der Waals surface area contributed by atoms with Crippen molar-refractivity contribution < 1.29 is 18.0 Å². The van der Waals surface area contributed by atoms with Crippen molar-refractivity contribution in [2.24, 2.45) is 0 Å². The van der Waals surface area contributed by atoms with Gasteiger partial charge < -0.3 is 10.2 Å². The molecule has 0 spiro atoms. The predicted octanol–water partition coefficient (Wildman–Crippen LogP) is 3.73. The number of fused-ring (bicyclic) bond motifs is 1. The summed E-state index contributed by atoms with van der Waals surface area (Å²) in [6.07, 6.45) is 1.62. The lowest BCUT2D eigenvalue weighted by Gasteiger charge is -2.31. The molecule has 1 amide bonds. The van der Waals surface area contributed by atoms with Gasteiger partial charge >= 0.3 is 0 Å². The third-order valence-electron chi connectivity index (χ3n) is 4.40. The fraction of sp³-hybridized carbons (Fsp3) is 0.316. The van der Waals surface area contributed by atoms with Gasteiger partial charge in [0.25, 0.3) is 0 Å². The van der Waals surface area contributed by atoms with Crippen LogP contribution in [0, 0.1) is 17.5 Å². The lowest BCUT2D eigenvalue weighted by molar-refractivity contribution is -0.120. The Bertz CT molecular complexity index is 794. The third kappa shape index (κ3) is 3.78. The molecule has 3 nitrogen and oxygen atoms in total. The number of carbonyl (C=O) groups is 1. The van der Waals surface area contributed by atoms with Crippen molar-refractivity contribution in [1.29, 1.82) is 0 Å². The Labute approximate surface area is 144 Å². The number of para-hydroxylation sites is 1. The molecule has 0 radical (unpaired) electrons. The lowest BCUT2D eigenvalue weighted by atomic mass is 10.0. The van der Waals surface area contributed by atoms with Gasteiger partial charge in [-0.1, -0.05) is 18.2 Å². The van der Waals surface area contributed by atoms with Crippen molar-refractivity contribution in [3.8, 4) is 0 Å². The number of nitrogens with zero attached hydrogens (tertiary/aromatic N) is 1. The van der Waals surface area contributed by atoms with E-state index in [2.05, 4.69) is 5.32 Å². The average molecular weight is 348 g/mol. The van der Waals surface area contributed by atoms with E-state index < -0.39 is 17.7 Å². The molecule has 2 aromatic carbocycles. The summed E-state index contributed by atoms with van der Waals surface area (Å²) in [7, 11) is 0. The molecule has 6 heteroatoms. The Morgan fingerprint density at radius 1 is 1.20 bits per heavy atom. The first-order valence-corrected chi connectivity index (χ1v) is 8.22. The van der Waals surface area contributed by atoms with Gasteiger partial charge in [0.1, 0.15) is 17.5 Å². The molecule has 0 aliphatic carbocycles. The molecule has 1 heterocycles. The second kappa shape index (κ2) is 7.17. The van der Waals surface area contributed by atoms with Crippen molar-refractivity contribution in [2.75, 3.05) is 18.0 Å². The first-order chi connectivity index (χ1) is 12.0. The number of carbonyl (C=O) groups excluding carboxylic acids is 1. The highest BCUT2D eigenvalue weighted by Gasteiger charge is 2.23. The van der Waals surface area contributed by atoms with Crippen molar-refractivity contribution in [2.45, 2.75) is 25.8 Å². The molecule has 1 unspecified atom stereocenters. The number of aryl methyl sites for hydroxylation is 1. The monoisotopic (exact) mass is 348 g/mol. The summed E-state index contributed by atoms with van der Waals surface area (Å²) >= 11 is 0. The van der Waals surface area contributed by atoms with Gasteiger partial charge in [-0.15, -0.1) is 0 Å². The van der Waals surface area contributed by atoms with Gasteiger partial charge in [-0.25, -0.2) is 13.2 Å². The van der Waals surface area contributed by atoms with E-state index in [-0.39, 0.29) is 23.8 Å². The Hall–Kier alpha value is -2.50. The standard InChI is InChI=1S/C19H19F3N2O/c1-12(15-8-7-14(20)10-17(15)22)23-18(25)11-24-9-3-5-13-4-2-6-16(21)19(13)24/h2,4,6-8,10,12H,3,5,9,11H2,1H3,(H,23,25). The second-order valence-electron chi connectivity index (χ2n) is 6.23. The van der Waals surface area contributed by atoms with Gasteiger partial charge in [-0.05, 0) is 37.5 Å². The molecule has 0 fully saturated rings. The predicted molar refractivity (Wildman–Crippen MR) is 89.8 cm³/mol. The number of benzene rings is 2. The SMILES string of the molecule is CC(NC(=O)CN1CCCc2cccc(F)c21)c1ccc(F)cc1F. The zero-order valence-electron chi connectivity index (χ0n) is 13.9. The number of amides is 1. The van der Waals surface area contributed by atoms with Crippen LogP contribution in [0.3, 0.4) is 0 Å². The van der Waals surface area contributed by atoms with E-state index in [4.69, 9.17) is 0 Å². The van der Waals surface area contributed by atoms with E-state index in [1.165, 1.54) is 12.1 Å². The Balaban J connectivity index is 1.70. The highest BCUT2D eigenvalue weighted by molar-refractivity contribution is 5.82. The first kappa shape index (κ1) is 17.3. The van der Waals surface area contributed by atoms with Crippen LogP contribution in [0.15, 0.2) is 36.4 Å². The van der Waals surface area contributed by atoms with Gasteiger partial charge in [-0.2, -0.15) is 0 Å². The van der Waals surface area contributed by atoms with Crippen LogP contribution < -0.4 is 10.2 Å². The number of hydrogen-bond acceptors (Lipinski definition) is 2. The molecule has 1 N–H and O–H groups in total. The number of nitrogens with one attached hydrogen (secondary N) is 1. The smallest absolute Gasteiger partial charge is 0.239 e. The third-order valence-corrected chi connectivity index (χ3v) is 4.40. The molecule has 25 heavy (non-hydrogen) atoms. The van der Waals surface area contributed by atoms with E-state index >= 15 is 0 Å². The molecular weight excluding hydrogens is 329 g/mol. The fourth-order valence-electron chi connectivity index (χ4n) is 3.24. The summed E-state index contributed by atoms with van der Waals surface area (Å²) in [5.74, 6) is -2.06. The van der Waals surface area contributed by atoms with Crippen LogP contribution in [0.5, 0.6) is 0 Å². The lowest BCUT2D eigenvalue weighted by Crippen LogP contribution is -2.41. The molecule has 132 valence electrons. The quantitative estimate of drug-likeness (QED) is 0.913. The number of rotatable bonds is 4. The molecule has 3 rings (SSSR count). The molecule has 0 saturated carbocycles. The van der Waals surface area contributed by atoms with Crippen LogP contribution in [0.2, 0.25) is 0 Å². The van der Waals surface area contributed by atoms with Crippen LogP contribution in [0.4, 0.5) is 18.9 Å². The van der Waals surface area contributed by atoms with Gasteiger partial charge in [0.05, 0.1) is 18.3 Å². The van der Waals surface area contributed by atoms with Gasteiger partial charge in [-0.3, -0.25) is 4.79 Å². The maximum Gasteiger partial charge on any atom is 0.239 e. The highest BCUT2D eigenvalue weighted by Crippen LogP contribution is 2.29. The molecular formula is C19H19F3N2O. The maximum atomic E-state index is 14.1. The van der Waals surface area contributed by atoms with Gasteiger partial charge in [0, 0.05) is 18.2 Å². The summed E-state index contributed by atoms with van der Waals surface area (Å²) in [6.45, 7) is 2.20. The van der Waals surface area contributed by atoms with Crippen molar-refractivity contribution in [3.05, 3.63) is 65.0 Å². The summed E-state index contributed by atoms with van der Waals surface area (Å²) < 4.78 is 40.9. The molecule has 1 aliphatic heterocycles. The van der Waals surface area contributed by atoms with E-state index in [1.54, 1.807) is 17.9 Å². The minimum atomic E-state index is -0.706. The van der Waals surface area contributed by atoms with Gasteiger partial charge in [0.15, 0.2) is 0 Å². The summed E-state index contributed by atoms with van der Waals surface area (Å²) in [5.41, 5.74) is 1.56. The average Bonchev–Trinajstić information content (AvgIpc) is 2.54. The van der Waals surface area contributed by atoms with Crippen LogP contribution in [-0.2, 0) is 11.2 Å². The minimum Gasteiger partial charge on any atom is -0.360 e. The molecule has 0 aromatic heterocycles. The minimum absolute atomic E-state index is 0.0128. The number of halogens is 3. The molecule has 0 bridgehead atoms. The van der Waals surface area contributed by atoms with E-state index in [0.717, 1.165) is 30.5 Å².